The van der Waals surface area contributed by atoms with Gasteiger partial charge in [-0.25, -0.2) is 9.18 Å². The molecule has 1 saturated heterocycles. The van der Waals surface area contributed by atoms with Gasteiger partial charge in [0.1, 0.15) is 23.8 Å². The maximum absolute atomic E-state index is 13.2. The topological polar surface area (TPSA) is 111 Å². The van der Waals surface area contributed by atoms with Crippen molar-refractivity contribution in [1.29, 1.82) is 0 Å². The van der Waals surface area contributed by atoms with Crippen LogP contribution in [0.3, 0.4) is 0 Å². The number of carbonyl (C=O) groups is 2. The Bertz CT molecular complexity index is 1180. The fraction of sp³-hybridized carbons (Fsp3) is 0.423. The highest BCUT2D eigenvalue weighted by atomic mass is 19.1. The first-order valence-corrected chi connectivity index (χ1v) is 12.1. The molecule has 11 heteroatoms. The average molecular weight is 511 g/mol. The fourth-order valence-electron chi connectivity index (χ4n) is 4.11. The lowest BCUT2D eigenvalue weighted by atomic mass is 9.99. The number of aromatic nitrogens is 4. The number of tetrazole rings is 1. The molecular formula is C26H31FN6O4. The molecule has 1 aromatic heterocycles. The van der Waals surface area contributed by atoms with E-state index >= 15 is 0 Å². The number of alkyl carbamates (subject to hydrolysis) is 1. The summed E-state index contributed by atoms with van der Waals surface area (Å²) in [5, 5.41) is 14.3. The molecule has 1 N–H and O–H groups in total. The first kappa shape index (κ1) is 26.1. The summed E-state index contributed by atoms with van der Waals surface area (Å²) >= 11 is 0. The number of rotatable bonds is 8. The van der Waals surface area contributed by atoms with Gasteiger partial charge in [0.15, 0.2) is 6.33 Å². The van der Waals surface area contributed by atoms with Gasteiger partial charge in [-0.15, -0.1) is 10.2 Å². The van der Waals surface area contributed by atoms with E-state index in [1.807, 2.05) is 4.90 Å². The van der Waals surface area contributed by atoms with Gasteiger partial charge in [-0.05, 0) is 74.4 Å². The van der Waals surface area contributed by atoms with Gasteiger partial charge in [-0.2, -0.15) is 4.80 Å². The summed E-state index contributed by atoms with van der Waals surface area (Å²) < 4.78 is 24.4. The predicted octanol–water partition coefficient (Wildman–Crippen LogP) is 3.41. The van der Waals surface area contributed by atoms with Gasteiger partial charge >= 0.3 is 6.09 Å². The highest BCUT2D eigenvalue weighted by molar-refractivity contribution is 5.94. The standard InChI is InChI=1S/C26H31FN6O4/c1-26(2,3)37-25(35)30-22(15-33-29-17-28-31-33)16-36-23-10-6-19(7-11-23)24(34)32-13-12-20(14-32)18-4-8-21(27)9-5-18/h4-11,17,20,22H,12-16H2,1-3H3,(H,30,35)/t20-,22?/m1/s1. The molecule has 2 heterocycles. The Balaban J connectivity index is 1.33. The van der Waals surface area contributed by atoms with Gasteiger partial charge in [0, 0.05) is 24.6 Å². The maximum Gasteiger partial charge on any atom is 0.408 e. The Labute approximate surface area is 214 Å². The number of amides is 2. The van der Waals surface area contributed by atoms with Crippen LogP contribution < -0.4 is 10.1 Å². The maximum atomic E-state index is 13.2. The molecule has 1 unspecified atom stereocenters. The van der Waals surface area contributed by atoms with E-state index < -0.39 is 17.7 Å². The normalized spacial score (nSPS) is 16.3. The molecule has 0 spiro atoms. The lowest BCUT2D eigenvalue weighted by Gasteiger charge is -2.23. The van der Waals surface area contributed by atoms with Crippen molar-refractivity contribution in [3.8, 4) is 5.75 Å². The van der Waals surface area contributed by atoms with E-state index in [0.29, 0.717) is 24.4 Å². The van der Waals surface area contributed by atoms with Gasteiger partial charge in [0.2, 0.25) is 0 Å². The van der Waals surface area contributed by atoms with Gasteiger partial charge in [-0.3, -0.25) is 4.79 Å². The number of benzene rings is 2. The molecule has 10 nitrogen and oxygen atoms in total. The smallest absolute Gasteiger partial charge is 0.408 e. The highest BCUT2D eigenvalue weighted by Crippen LogP contribution is 2.28. The van der Waals surface area contributed by atoms with Crippen LogP contribution in [-0.4, -0.2) is 68.4 Å². The molecular weight excluding hydrogens is 479 g/mol. The van der Waals surface area contributed by atoms with E-state index in [9.17, 15) is 14.0 Å². The third-order valence-corrected chi connectivity index (χ3v) is 5.87. The van der Waals surface area contributed by atoms with Crippen molar-refractivity contribution >= 4 is 12.0 Å². The third-order valence-electron chi connectivity index (χ3n) is 5.87. The van der Waals surface area contributed by atoms with Crippen molar-refractivity contribution in [3.05, 3.63) is 71.8 Å². The van der Waals surface area contributed by atoms with Crippen molar-refractivity contribution in [2.45, 2.75) is 51.3 Å². The number of hydrogen-bond acceptors (Lipinski definition) is 7. The molecule has 2 atom stereocenters. The van der Waals surface area contributed by atoms with E-state index in [0.717, 1.165) is 12.0 Å². The summed E-state index contributed by atoms with van der Waals surface area (Å²) in [7, 11) is 0. The Kier molecular flexibility index (Phi) is 8.00. The Morgan fingerprint density at radius 1 is 1.14 bits per heavy atom. The number of halogens is 1. The first-order chi connectivity index (χ1) is 17.7. The lowest BCUT2D eigenvalue weighted by molar-refractivity contribution is 0.0477. The number of nitrogens with one attached hydrogen (secondary N) is 1. The summed E-state index contributed by atoms with van der Waals surface area (Å²) in [5.41, 5.74) is 0.955. The van der Waals surface area contributed by atoms with Crippen LogP contribution in [0.4, 0.5) is 9.18 Å². The van der Waals surface area contributed by atoms with Gasteiger partial charge in [-0.1, -0.05) is 12.1 Å². The summed E-state index contributed by atoms with van der Waals surface area (Å²) in [6.45, 7) is 6.95. The van der Waals surface area contributed by atoms with Crippen LogP contribution in [0.15, 0.2) is 54.9 Å². The van der Waals surface area contributed by atoms with Crippen LogP contribution in [0.25, 0.3) is 0 Å². The largest absolute Gasteiger partial charge is 0.491 e. The van der Waals surface area contributed by atoms with Crippen LogP contribution in [-0.2, 0) is 11.3 Å². The van der Waals surface area contributed by atoms with Crippen LogP contribution in [0.5, 0.6) is 5.75 Å². The number of nitrogens with zero attached hydrogens (tertiary/aromatic N) is 5. The second-order valence-electron chi connectivity index (χ2n) is 9.96. The molecule has 2 amide bonds. The van der Waals surface area contributed by atoms with E-state index in [-0.39, 0.29) is 30.8 Å². The van der Waals surface area contributed by atoms with Crippen molar-refractivity contribution in [2.75, 3.05) is 19.7 Å². The molecule has 0 bridgehead atoms. The molecule has 0 radical (unpaired) electrons. The molecule has 2 aromatic carbocycles. The van der Waals surface area contributed by atoms with Crippen LogP contribution in [0.1, 0.15) is 49.0 Å². The van der Waals surface area contributed by atoms with Gasteiger partial charge < -0.3 is 19.7 Å². The minimum atomic E-state index is -0.641. The summed E-state index contributed by atoms with van der Waals surface area (Å²) in [6, 6.07) is 12.9. The molecule has 196 valence electrons. The quantitative estimate of drug-likeness (QED) is 0.494. The zero-order chi connectivity index (χ0) is 26.4. The third kappa shape index (κ3) is 7.48. The summed E-state index contributed by atoms with van der Waals surface area (Å²) in [6.07, 6.45) is 1.57. The minimum absolute atomic E-state index is 0.0575. The van der Waals surface area contributed by atoms with Crippen molar-refractivity contribution in [1.82, 2.24) is 30.4 Å². The van der Waals surface area contributed by atoms with Crippen LogP contribution in [0.2, 0.25) is 0 Å². The number of carbonyl (C=O) groups excluding carboxylic acids is 2. The van der Waals surface area contributed by atoms with E-state index in [1.165, 1.54) is 23.3 Å². The molecule has 37 heavy (non-hydrogen) atoms. The predicted molar refractivity (Wildman–Crippen MR) is 133 cm³/mol. The second kappa shape index (κ2) is 11.4. The summed E-state index contributed by atoms with van der Waals surface area (Å²) in [5.74, 6) is 0.419. The zero-order valence-corrected chi connectivity index (χ0v) is 21.1. The Morgan fingerprint density at radius 2 is 1.86 bits per heavy atom. The fourth-order valence-corrected chi connectivity index (χ4v) is 4.11. The molecule has 0 aliphatic carbocycles. The Morgan fingerprint density at radius 3 is 2.51 bits per heavy atom. The molecule has 1 fully saturated rings. The first-order valence-electron chi connectivity index (χ1n) is 12.1. The average Bonchev–Trinajstić information content (AvgIpc) is 3.54. The lowest BCUT2D eigenvalue weighted by Crippen LogP contribution is -2.44. The molecule has 3 aromatic rings. The SMILES string of the molecule is CC(C)(C)OC(=O)NC(COc1ccc(C(=O)N2CC[C@@H](c3ccc(F)cc3)C2)cc1)Cn1ncnn1. The highest BCUT2D eigenvalue weighted by Gasteiger charge is 2.28. The van der Waals surface area contributed by atoms with E-state index in [2.05, 4.69) is 20.7 Å². The number of hydrogen-bond donors (Lipinski definition) is 1. The van der Waals surface area contributed by atoms with Crippen molar-refractivity contribution in [2.24, 2.45) is 0 Å². The van der Waals surface area contributed by atoms with Gasteiger partial charge in [0.25, 0.3) is 5.91 Å². The van der Waals surface area contributed by atoms with Gasteiger partial charge in [0.05, 0.1) is 12.6 Å². The van der Waals surface area contributed by atoms with Crippen molar-refractivity contribution < 1.29 is 23.5 Å². The molecule has 1 aliphatic rings. The van der Waals surface area contributed by atoms with E-state index in [1.54, 1.807) is 57.2 Å². The number of likely N-dealkylation sites (tertiary alicyclic amines) is 1. The molecule has 1 aliphatic heterocycles. The zero-order valence-electron chi connectivity index (χ0n) is 21.1. The van der Waals surface area contributed by atoms with Crippen LogP contribution in [0, 0.1) is 5.82 Å². The molecule has 0 saturated carbocycles. The minimum Gasteiger partial charge on any atom is -0.491 e. The van der Waals surface area contributed by atoms with E-state index in [4.69, 9.17) is 9.47 Å². The number of ether oxygens (including phenoxy) is 2. The molecule has 4 rings (SSSR count). The Hall–Kier alpha value is -4.02. The monoisotopic (exact) mass is 510 g/mol. The van der Waals surface area contributed by atoms with Crippen LogP contribution >= 0.6 is 0 Å². The second-order valence-corrected chi connectivity index (χ2v) is 9.96. The van der Waals surface area contributed by atoms with Crippen molar-refractivity contribution in [3.63, 3.8) is 0 Å². The summed E-state index contributed by atoms with van der Waals surface area (Å²) in [4.78, 5) is 28.4.